The van der Waals surface area contributed by atoms with E-state index in [2.05, 4.69) is 17.4 Å². The van der Waals surface area contributed by atoms with Crippen molar-refractivity contribution < 1.29 is 9.59 Å². The molecular formula is C20H22N2O2S. The Morgan fingerprint density at radius 3 is 2.52 bits per heavy atom. The van der Waals surface area contributed by atoms with E-state index in [1.807, 2.05) is 30.3 Å². The van der Waals surface area contributed by atoms with Crippen molar-refractivity contribution in [1.29, 1.82) is 0 Å². The first-order valence-electron chi connectivity index (χ1n) is 8.54. The Morgan fingerprint density at radius 2 is 1.84 bits per heavy atom. The van der Waals surface area contributed by atoms with E-state index in [4.69, 9.17) is 0 Å². The second-order valence-electron chi connectivity index (χ2n) is 5.99. The minimum absolute atomic E-state index is 0.0698. The largest absolute Gasteiger partial charge is 0.351 e. The normalized spacial score (nSPS) is 13.9. The maximum Gasteiger partial charge on any atom is 0.251 e. The highest BCUT2D eigenvalue weighted by atomic mass is 32.2. The summed E-state index contributed by atoms with van der Waals surface area (Å²) in [6.07, 6.45) is 1.52. The zero-order valence-corrected chi connectivity index (χ0v) is 14.9. The maximum atomic E-state index is 12.2. The summed E-state index contributed by atoms with van der Waals surface area (Å²) < 4.78 is 0. The van der Waals surface area contributed by atoms with E-state index in [1.165, 1.54) is 5.56 Å². The molecule has 4 nitrogen and oxygen atoms in total. The van der Waals surface area contributed by atoms with Gasteiger partial charge in [0.2, 0.25) is 5.91 Å². The van der Waals surface area contributed by atoms with Gasteiger partial charge in [0, 0.05) is 42.3 Å². The lowest BCUT2D eigenvalue weighted by Gasteiger charge is -2.15. The zero-order chi connectivity index (χ0) is 17.5. The molecule has 1 N–H and O–H groups in total. The van der Waals surface area contributed by atoms with Gasteiger partial charge in [-0.3, -0.25) is 9.59 Å². The maximum absolute atomic E-state index is 12.2. The third-order valence-electron chi connectivity index (χ3n) is 4.16. The number of benzene rings is 2. The molecule has 2 aromatic carbocycles. The number of thioether (sulfide) groups is 1. The van der Waals surface area contributed by atoms with Crippen molar-refractivity contribution in [1.82, 2.24) is 5.32 Å². The van der Waals surface area contributed by atoms with Crippen LogP contribution in [-0.2, 0) is 10.5 Å². The molecule has 3 rings (SSSR count). The molecule has 0 spiro atoms. The Bertz CT molecular complexity index is 716. The zero-order valence-electron chi connectivity index (χ0n) is 14.1. The molecule has 1 aliphatic rings. The van der Waals surface area contributed by atoms with Crippen LogP contribution in [0.15, 0.2) is 54.6 Å². The fraction of sp³-hybridized carbons (Fsp3) is 0.300. The van der Waals surface area contributed by atoms with E-state index in [-0.39, 0.29) is 11.8 Å². The van der Waals surface area contributed by atoms with Gasteiger partial charge in [-0.15, -0.1) is 0 Å². The summed E-state index contributed by atoms with van der Waals surface area (Å²) in [6, 6.07) is 17.6. The standard InChI is InChI=1S/C20H22N2O2S/c23-19-7-4-13-22(19)18-10-8-17(9-11-18)20(24)21-12-14-25-15-16-5-2-1-3-6-16/h1-3,5-6,8-11H,4,7,12-15H2,(H,21,24). The predicted octanol–water partition coefficient (Wildman–Crippen LogP) is 3.48. The molecular weight excluding hydrogens is 332 g/mol. The number of carbonyl (C=O) groups excluding carboxylic acids is 2. The fourth-order valence-corrected chi connectivity index (χ4v) is 3.64. The lowest BCUT2D eigenvalue weighted by molar-refractivity contribution is -0.117. The molecule has 25 heavy (non-hydrogen) atoms. The van der Waals surface area contributed by atoms with Crippen LogP contribution in [-0.4, -0.2) is 30.7 Å². The van der Waals surface area contributed by atoms with Gasteiger partial charge in [-0.2, -0.15) is 11.8 Å². The highest BCUT2D eigenvalue weighted by Crippen LogP contribution is 2.21. The Kier molecular flexibility index (Phi) is 6.12. The third-order valence-corrected chi connectivity index (χ3v) is 5.19. The number of hydrogen-bond acceptors (Lipinski definition) is 3. The Hall–Kier alpha value is -2.27. The van der Waals surface area contributed by atoms with Gasteiger partial charge in [-0.1, -0.05) is 30.3 Å². The van der Waals surface area contributed by atoms with Crippen molar-refractivity contribution in [2.24, 2.45) is 0 Å². The molecule has 0 radical (unpaired) electrons. The SMILES string of the molecule is O=C(NCCSCc1ccccc1)c1ccc(N2CCCC2=O)cc1. The van der Waals surface area contributed by atoms with Crippen LogP contribution in [0.1, 0.15) is 28.8 Å². The first-order chi connectivity index (χ1) is 12.2. The van der Waals surface area contributed by atoms with Crippen molar-refractivity contribution in [3.63, 3.8) is 0 Å². The van der Waals surface area contributed by atoms with Crippen LogP contribution in [0.3, 0.4) is 0 Å². The van der Waals surface area contributed by atoms with Crippen molar-refractivity contribution >= 4 is 29.3 Å². The molecule has 0 atom stereocenters. The molecule has 0 saturated carbocycles. The second kappa shape index (κ2) is 8.72. The Labute approximate surface area is 152 Å². The number of anilines is 1. The lowest BCUT2D eigenvalue weighted by Crippen LogP contribution is -2.26. The molecule has 1 fully saturated rings. The van der Waals surface area contributed by atoms with E-state index in [0.29, 0.717) is 18.5 Å². The summed E-state index contributed by atoms with van der Waals surface area (Å²) in [4.78, 5) is 25.7. The van der Waals surface area contributed by atoms with E-state index in [1.54, 1.807) is 28.8 Å². The molecule has 1 aliphatic heterocycles. The predicted molar refractivity (Wildman–Crippen MR) is 103 cm³/mol. The van der Waals surface area contributed by atoms with Crippen LogP contribution < -0.4 is 10.2 Å². The quantitative estimate of drug-likeness (QED) is 0.775. The van der Waals surface area contributed by atoms with Crippen molar-refractivity contribution in [3.05, 3.63) is 65.7 Å². The Balaban J connectivity index is 1.41. The first kappa shape index (κ1) is 17.5. The third kappa shape index (κ3) is 4.86. The molecule has 2 amide bonds. The minimum atomic E-state index is -0.0698. The number of nitrogens with zero attached hydrogens (tertiary/aromatic N) is 1. The summed E-state index contributed by atoms with van der Waals surface area (Å²) >= 11 is 1.80. The molecule has 0 aliphatic carbocycles. The van der Waals surface area contributed by atoms with Gasteiger partial charge >= 0.3 is 0 Å². The van der Waals surface area contributed by atoms with Crippen LogP contribution in [0.25, 0.3) is 0 Å². The molecule has 2 aromatic rings. The van der Waals surface area contributed by atoms with Gasteiger partial charge in [0.25, 0.3) is 5.91 Å². The summed E-state index contributed by atoms with van der Waals surface area (Å²) in [5, 5.41) is 2.94. The molecule has 0 unspecified atom stereocenters. The van der Waals surface area contributed by atoms with E-state index in [9.17, 15) is 9.59 Å². The number of carbonyl (C=O) groups is 2. The summed E-state index contributed by atoms with van der Waals surface area (Å²) in [5.74, 6) is 1.92. The van der Waals surface area contributed by atoms with Crippen LogP contribution in [0.4, 0.5) is 5.69 Å². The molecule has 0 bridgehead atoms. The summed E-state index contributed by atoms with van der Waals surface area (Å²) in [7, 11) is 0. The van der Waals surface area contributed by atoms with Crippen LogP contribution in [0, 0.1) is 0 Å². The van der Waals surface area contributed by atoms with Crippen molar-refractivity contribution in [2.75, 3.05) is 23.7 Å². The van der Waals surface area contributed by atoms with Gasteiger partial charge in [0.1, 0.15) is 0 Å². The van der Waals surface area contributed by atoms with Crippen LogP contribution in [0.2, 0.25) is 0 Å². The second-order valence-corrected chi connectivity index (χ2v) is 7.10. The summed E-state index contributed by atoms with van der Waals surface area (Å²) in [5.41, 5.74) is 2.80. The van der Waals surface area contributed by atoms with Gasteiger partial charge in [-0.25, -0.2) is 0 Å². The molecule has 5 heteroatoms. The van der Waals surface area contributed by atoms with Crippen LogP contribution >= 0.6 is 11.8 Å². The molecule has 1 saturated heterocycles. The average Bonchev–Trinajstić information content (AvgIpc) is 3.08. The van der Waals surface area contributed by atoms with Crippen molar-refractivity contribution in [3.8, 4) is 0 Å². The smallest absolute Gasteiger partial charge is 0.251 e. The van der Waals surface area contributed by atoms with E-state index in [0.717, 1.165) is 30.2 Å². The Morgan fingerprint density at radius 1 is 1.08 bits per heavy atom. The number of hydrogen-bond donors (Lipinski definition) is 1. The summed E-state index contributed by atoms with van der Waals surface area (Å²) in [6.45, 7) is 1.41. The van der Waals surface area contributed by atoms with E-state index < -0.39 is 0 Å². The van der Waals surface area contributed by atoms with E-state index >= 15 is 0 Å². The van der Waals surface area contributed by atoms with Crippen LogP contribution in [0.5, 0.6) is 0 Å². The fourth-order valence-electron chi connectivity index (χ4n) is 2.82. The monoisotopic (exact) mass is 354 g/mol. The van der Waals surface area contributed by atoms with Gasteiger partial charge in [0.15, 0.2) is 0 Å². The molecule has 1 heterocycles. The van der Waals surface area contributed by atoms with Gasteiger partial charge < -0.3 is 10.2 Å². The number of nitrogens with one attached hydrogen (secondary N) is 1. The number of amides is 2. The minimum Gasteiger partial charge on any atom is -0.351 e. The molecule has 130 valence electrons. The van der Waals surface area contributed by atoms with Gasteiger partial charge in [-0.05, 0) is 36.2 Å². The first-order valence-corrected chi connectivity index (χ1v) is 9.70. The highest BCUT2D eigenvalue weighted by molar-refractivity contribution is 7.98. The van der Waals surface area contributed by atoms with Crippen molar-refractivity contribution in [2.45, 2.75) is 18.6 Å². The molecule has 0 aromatic heterocycles. The topological polar surface area (TPSA) is 49.4 Å². The number of rotatable bonds is 7. The highest BCUT2D eigenvalue weighted by Gasteiger charge is 2.21. The average molecular weight is 354 g/mol. The lowest BCUT2D eigenvalue weighted by atomic mass is 10.2. The van der Waals surface area contributed by atoms with Gasteiger partial charge in [0.05, 0.1) is 0 Å².